The van der Waals surface area contributed by atoms with E-state index >= 15 is 0 Å². The zero-order chi connectivity index (χ0) is 9.68. The van der Waals surface area contributed by atoms with Crippen molar-refractivity contribution in [2.24, 2.45) is 16.6 Å². The molecule has 1 rings (SSSR count). The normalized spacial score (nSPS) is 10.6. The summed E-state index contributed by atoms with van der Waals surface area (Å²) >= 11 is 5.71. The van der Waals surface area contributed by atoms with Gasteiger partial charge in [-0.3, -0.25) is 5.43 Å². The molecule has 0 aromatic heterocycles. The number of hydrogen-bond donors (Lipinski definition) is 3. The molecule has 0 unspecified atom stereocenters. The van der Waals surface area contributed by atoms with Crippen molar-refractivity contribution in [2.45, 2.75) is 6.54 Å². The van der Waals surface area contributed by atoms with Crippen molar-refractivity contribution in [1.82, 2.24) is 5.43 Å². The fraction of sp³-hybridized carbons (Fsp3) is 0.125. The van der Waals surface area contributed by atoms with Crippen molar-refractivity contribution in [3.8, 4) is 0 Å². The summed E-state index contributed by atoms with van der Waals surface area (Å²) in [5.41, 5.74) is 8.62. The zero-order valence-electron chi connectivity index (χ0n) is 7.40. The van der Waals surface area contributed by atoms with Crippen LogP contribution in [0.3, 0.4) is 0 Å². The monoisotopic (exact) mass is 326 g/mol. The molecule has 0 heterocycles. The maximum atomic E-state index is 5.71. The number of rotatable bonds is 2. The highest BCUT2D eigenvalue weighted by molar-refractivity contribution is 14.0. The molecule has 4 nitrogen and oxygen atoms in total. The van der Waals surface area contributed by atoms with Crippen molar-refractivity contribution in [3.05, 3.63) is 34.9 Å². The van der Waals surface area contributed by atoms with Crippen LogP contribution in [-0.4, -0.2) is 5.96 Å². The van der Waals surface area contributed by atoms with E-state index in [2.05, 4.69) is 10.4 Å². The van der Waals surface area contributed by atoms with Crippen LogP contribution in [0.15, 0.2) is 29.3 Å². The Morgan fingerprint density at radius 1 is 1.36 bits per heavy atom. The maximum Gasteiger partial charge on any atom is 0.203 e. The highest BCUT2D eigenvalue weighted by Crippen LogP contribution is 2.09. The largest absolute Gasteiger partial charge is 0.369 e. The zero-order valence-corrected chi connectivity index (χ0v) is 10.5. The van der Waals surface area contributed by atoms with Gasteiger partial charge in [0.25, 0.3) is 0 Å². The van der Waals surface area contributed by atoms with Crippen LogP contribution >= 0.6 is 35.6 Å². The lowest BCUT2D eigenvalue weighted by Gasteiger charge is -1.99. The Kier molecular flexibility index (Phi) is 6.60. The van der Waals surface area contributed by atoms with Crippen molar-refractivity contribution < 1.29 is 0 Å². The Labute approximate surface area is 105 Å². The molecule has 1 aromatic rings. The summed E-state index contributed by atoms with van der Waals surface area (Å²) in [6.07, 6.45) is 0. The molecule has 0 aliphatic carbocycles. The lowest BCUT2D eigenvalue weighted by Crippen LogP contribution is -2.37. The minimum atomic E-state index is 0. The van der Waals surface area contributed by atoms with Gasteiger partial charge in [-0.2, -0.15) is 0 Å². The summed E-state index contributed by atoms with van der Waals surface area (Å²) in [6.45, 7) is 0.493. The van der Waals surface area contributed by atoms with Crippen LogP contribution in [0.2, 0.25) is 5.02 Å². The second kappa shape index (κ2) is 6.86. The summed E-state index contributed by atoms with van der Waals surface area (Å²) in [7, 11) is 0. The van der Waals surface area contributed by atoms with Crippen molar-refractivity contribution >= 4 is 41.5 Å². The molecule has 5 N–H and O–H groups in total. The van der Waals surface area contributed by atoms with E-state index in [1.54, 1.807) is 12.1 Å². The highest BCUT2D eigenvalue weighted by atomic mass is 127. The van der Waals surface area contributed by atoms with E-state index in [-0.39, 0.29) is 29.9 Å². The predicted octanol–water partition coefficient (Wildman–Crippen LogP) is 1.24. The van der Waals surface area contributed by atoms with Gasteiger partial charge in [0.15, 0.2) is 0 Å². The third-order valence-electron chi connectivity index (χ3n) is 1.49. The van der Waals surface area contributed by atoms with E-state index in [0.29, 0.717) is 11.6 Å². The van der Waals surface area contributed by atoms with Crippen LogP contribution in [0, 0.1) is 0 Å². The number of aliphatic imine (C=N–C) groups is 1. The summed E-state index contributed by atoms with van der Waals surface area (Å²) in [5, 5.41) is 0.706. The molecule has 0 atom stereocenters. The Morgan fingerprint density at radius 2 is 1.93 bits per heavy atom. The fourth-order valence-electron chi connectivity index (χ4n) is 0.812. The Balaban J connectivity index is 0.00000169. The van der Waals surface area contributed by atoms with Crippen LogP contribution in [0.4, 0.5) is 0 Å². The molecular weight excluding hydrogens is 314 g/mol. The lowest BCUT2D eigenvalue weighted by molar-refractivity contribution is 0.958. The minimum Gasteiger partial charge on any atom is -0.369 e. The number of hydrazine groups is 1. The summed E-state index contributed by atoms with van der Waals surface area (Å²) in [6, 6.07) is 7.38. The molecular formula is C8H12ClIN4. The van der Waals surface area contributed by atoms with Crippen LogP contribution < -0.4 is 17.0 Å². The first-order chi connectivity index (χ1) is 6.22. The molecule has 0 spiro atoms. The van der Waals surface area contributed by atoms with Gasteiger partial charge in [-0.15, -0.1) is 24.0 Å². The van der Waals surface area contributed by atoms with Crippen molar-refractivity contribution in [1.29, 1.82) is 0 Å². The molecule has 78 valence electrons. The molecule has 0 bridgehead atoms. The van der Waals surface area contributed by atoms with Gasteiger partial charge < -0.3 is 5.73 Å². The van der Waals surface area contributed by atoms with E-state index in [1.807, 2.05) is 12.1 Å². The molecule has 0 amide bonds. The molecule has 0 saturated carbocycles. The van der Waals surface area contributed by atoms with Gasteiger partial charge >= 0.3 is 0 Å². The van der Waals surface area contributed by atoms with E-state index in [1.165, 1.54) is 0 Å². The number of guanidine groups is 1. The molecule has 6 heteroatoms. The standard InChI is InChI=1S/C8H11ClN4.HI/c9-7-3-1-6(2-4-7)5-12-8(10)13-11;/h1-4H,5,11H2,(H3,10,12,13);1H. The predicted molar refractivity (Wildman–Crippen MR) is 69.5 cm³/mol. The van der Waals surface area contributed by atoms with E-state index in [4.69, 9.17) is 23.2 Å². The SMILES string of the molecule is I.NNC(N)=NCc1ccc(Cl)cc1. The first-order valence-electron chi connectivity index (χ1n) is 3.73. The highest BCUT2D eigenvalue weighted by Gasteiger charge is 1.91. The van der Waals surface area contributed by atoms with Crippen LogP contribution in [-0.2, 0) is 6.54 Å². The second-order valence-corrected chi connectivity index (χ2v) is 2.91. The van der Waals surface area contributed by atoms with Gasteiger partial charge in [0.05, 0.1) is 6.54 Å². The van der Waals surface area contributed by atoms with Gasteiger partial charge in [-0.05, 0) is 17.7 Å². The summed E-state index contributed by atoms with van der Waals surface area (Å²) in [5.74, 6) is 5.25. The van der Waals surface area contributed by atoms with Gasteiger partial charge in [-0.25, -0.2) is 10.8 Å². The van der Waals surface area contributed by atoms with Crippen LogP contribution in [0.25, 0.3) is 0 Å². The smallest absolute Gasteiger partial charge is 0.203 e. The summed E-state index contributed by atoms with van der Waals surface area (Å²) in [4.78, 5) is 3.96. The Hall–Kier alpha value is -0.530. The lowest BCUT2D eigenvalue weighted by atomic mass is 10.2. The molecule has 0 saturated heterocycles. The van der Waals surface area contributed by atoms with E-state index < -0.39 is 0 Å². The van der Waals surface area contributed by atoms with Crippen molar-refractivity contribution in [3.63, 3.8) is 0 Å². The molecule has 0 aliphatic rings. The van der Waals surface area contributed by atoms with Gasteiger partial charge in [0.2, 0.25) is 5.96 Å². The molecule has 0 fully saturated rings. The first-order valence-corrected chi connectivity index (χ1v) is 4.11. The van der Waals surface area contributed by atoms with Gasteiger partial charge in [0, 0.05) is 5.02 Å². The van der Waals surface area contributed by atoms with E-state index in [0.717, 1.165) is 5.56 Å². The minimum absolute atomic E-state index is 0. The number of hydrogen-bond acceptors (Lipinski definition) is 2. The van der Waals surface area contributed by atoms with Crippen LogP contribution in [0.1, 0.15) is 5.56 Å². The van der Waals surface area contributed by atoms with Crippen molar-refractivity contribution in [2.75, 3.05) is 0 Å². The number of halogens is 2. The Bertz CT molecular complexity index is 299. The van der Waals surface area contributed by atoms with Crippen LogP contribution in [0.5, 0.6) is 0 Å². The van der Waals surface area contributed by atoms with Gasteiger partial charge in [0.1, 0.15) is 0 Å². The maximum absolute atomic E-state index is 5.71. The van der Waals surface area contributed by atoms with Gasteiger partial charge in [-0.1, -0.05) is 23.7 Å². The third kappa shape index (κ3) is 4.64. The summed E-state index contributed by atoms with van der Waals surface area (Å²) < 4.78 is 0. The molecule has 0 radical (unpaired) electrons. The fourth-order valence-corrected chi connectivity index (χ4v) is 0.938. The molecule has 1 aromatic carbocycles. The molecule has 14 heavy (non-hydrogen) atoms. The number of nitrogens with two attached hydrogens (primary N) is 2. The van der Waals surface area contributed by atoms with E-state index in [9.17, 15) is 0 Å². The number of benzene rings is 1. The number of nitrogens with zero attached hydrogens (tertiary/aromatic N) is 1. The average Bonchev–Trinajstić information content (AvgIpc) is 2.16. The number of nitrogens with one attached hydrogen (secondary N) is 1. The quantitative estimate of drug-likeness (QED) is 0.252. The molecule has 0 aliphatic heterocycles. The second-order valence-electron chi connectivity index (χ2n) is 2.47. The topological polar surface area (TPSA) is 76.4 Å². The first kappa shape index (κ1) is 13.5. The third-order valence-corrected chi connectivity index (χ3v) is 1.75. The average molecular weight is 327 g/mol. The Morgan fingerprint density at radius 3 is 2.43 bits per heavy atom.